The second-order valence-corrected chi connectivity index (χ2v) is 3.44. The van der Waals surface area contributed by atoms with Gasteiger partial charge in [-0.15, -0.1) is 0 Å². The fraction of sp³-hybridized carbons (Fsp3) is 0.417. The molecule has 0 aliphatic rings. The number of aliphatic imine (C=N–C) groups is 1. The third-order valence-corrected chi connectivity index (χ3v) is 2.29. The molecule has 94 valence electrons. The number of rotatable bonds is 5. The fourth-order valence-electron chi connectivity index (χ4n) is 1.43. The molecule has 0 unspecified atom stereocenters. The zero-order valence-electron chi connectivity index (χ0n) is 10.5. The van der Waals surface area contributed by atoms with Crippen LogP contribution in [0.15, 0.2) is 23.2 Å². The van der Waals surface area contributed by atoms with Gasteiger partial charge in [0.15, 0.2) is 0 Å². The maximum atomic E-state index is 5.47. The first kappa shape index (κ1) is 13.3. The van der Waals surface area contributed by atoms with Crippen molar-refractivity contribution in [2.45, 2.75) is 13.3 Å². The predicted molar refractivity (Wildman–Crippen MR) is 68.6 cm³/mol. The normalized spacial score (nSPS) is 11.2. The Kier molecular flexibility index (Phi) is 5.29. The quantitative estimate of drug-likeness (QED) is 0.351. The molecule has 1 aromatic rings. The number of amidine groups is 1. The van der Waals surface area contributed by atoms with Crippen LogP contribution in [0.25, 0.3) is 0 Å². The Bertz CT molecular complexity index is 391. The van der Waals surface area contributed by atoms with E-state index >= 15 is 0 Å². The van der Waals surface area contributed by atoms with E-state index in [2.05, 4.69) is 17.3 Å². The second kappa shape index (κ2) is 6.75. The largest absolute Gasteiger partial charge is 0.497 e. The summed E-state index contributed by atoms with van der Waals surface area (Å²) in [5.74, 6) is 7.50. The van der Waals surface area contributed by atoms with Crippen molar-refractivity contribution in [1.29, 1.82) is 0 Å². The topological polar surface area (TPSA) is 68.9 Å². The van der Waals surface area contributed by atoms with Gasteiger partial charge in [-0.2, -0.15) is 0 Å². The van der Waals surface area contributed by atoms with E-state index in [1.807, 2.05) is 12.1 Å². The smallest absolute Gasteiger partial charge is 0.146 e. The minimum atomic E-state index is 0.617. The van der Waals surface area contributed by atoms with Gasteiger partial charge in [-0.3, -0.25) is 4.99 Å². The van der Waals surface area contributed by atoms with Gasteiger partial charge in [0.1, 0.15) is 17.3 Å². The average Bonchev–Trinajstić information content (AvgIpc) is 2.39. The molecule has 0 radical (unpaired) electrons. The standard InChI is InChI=1S/C12H19N3O2/c1-4-7-14-12(15-13)10-6-5-9(16-2)8-11(10)17-3/h5-6,8H,4,7,13H2,1-3H3,(H,14,15). The minimum absolute atomic E-state index is 0.617. The van der Waals surface area contributed by atoms with Crippen molar-refractivity contribution in [2.75, 3.05) is 20.8 Å². The lowest BCUT2D eigenvalue weighted by Gasteiger charge is -2.12. The van der Waals surface area contributed by atoms with Crippen LogP contribution >= 0.6 is 0 Å². The molecular weight excluding hydrogens is 218 g/mol. The summed E-state index contributed by atoms with van der Waals surface area (Å²) in [5, 5.41) is 0. The number of hydrogen-bond acceptors (Lipinski definition) is 4. The second-order valence-electron chi connectivity index (χ2n) is 3.44. The van der Waals surface area contributed by atoms with Crippen molar-refractivity contribution in [3.8, 4) is 11.5 Å². The van der Waals surface area contributed by atoms with Crippen LogP contribution in [0.3, 0.4) is 0 Å². The number of benzene rings is 1. The molecule has 0 bridgehead atoms. The van der Waals surface area contributed by atoms with Crippen LogP contribution in [0.5, 0.6) is 11.5 Å². The SMILES string of the molecule is CCCN=C(NN)c1ccc(OC)cc1OC. The van der Waals surface area contributed by atoms with E-state index in [0.717, 1.165) is 17.7 Å². The van der Waals surface area contributed by atoms with E-state index < -0.39 is 0 Å². The third-order valence-electron chi connectivity index (χ3n) is 2.29. The Morgan fingerprint density at radius 3 is 2.65 bits per heavy atom. The Morgan fingerprint density at radius 1 is 1.35 bits per heavy atom. The minimum Gasteiger partial charge on any atom is -0.497 e. The van der Waals surface area contributed by atoms with Crippen LogP contribution in [0.2, 0.25) is 0 Å². The molecule has 1 aromatic carbocycles. The number of nitrogens with two attached hydrogens (primary N) is 1. The molecule has 0 atom stereocenters. The summed E-state index contributed by atoms with van der Waals surface area (Å²) in [4.78, 5) is 4.35. The summed E-state index contributed by atoms with van der Waals surface area (Å²) >= 11 is 0. The summed E-state index contributed by atoms with van der Waals surface area (Å²) in [6.45, 7) is 2.78. The maximum absolute atomic E-state index is 5.47. The lowest BCUT2D eigenvalue weighted by molar-refractivity contribution is 0.393. The number of hydrogen-bond donors (Lipinski definition) is 2. The highest BCUT2D eigenvalue weighted by Crippen LogP contribution is 2.24. The van der Waals surface area contributed by atoms with E-state index in [1.54, 1.807) is 20.3 Å². The van der Waals surface area contributed by atoms with Crippen LogP contribution in [-0.2, 0) is 0 Å². The number of nitrogens with zero attached hydrogens (tertiary/aromatic N) is 1. The Morgan fingerprint density at radius 2 is 2.12 bits per heavy atom. The number of hydrazine groups is 1. The average molecular weight is 237 g/mol. The van der Waals surface area contributed by atoms with Crippen molar-refractivity contribution in [3.63, 3.8) is 0 Å². The fourth-order valence-corrected chi connectivity index (χ4v) is 1.43. The van der Waals surface area contributed by atoms with Gasteiger partial charge in [-0.25, -0.2) is 5.84 Å². The first-order valence-corrected chi connectivity index (χ1v) is 5.50. The van der Waals surface area contributed by atoms with Crippen LogP contribution in [0.1, 0.15) is 18.9 Å². The monoisotopic (exact) mass is 237 g/mol. The molecule has 0 fully saturated rings. The van der Waals surface area contributed by atoms with Gasteiger partial charge in [0.2, 0.25) is 0 Å². The molecule has 1 rings (SSSR count). The number of nitrogens with one attached hydrogen (secondary N) is 1. The molecule has 5 heteroatoms. The van der Waals surface area contributed by atoms with Gasteiger partial charge in [-0.1, -0.05) is 6.92 Å². The van der Waals surface area contributed by atoms with Gasteiger partial charge in [0.05, 0.1) is 19.8 Å². The Labute approximate surface area is 102 Å². The van der Waals surface area contributed by atoms with Gasteiger partial charge in [-0.05, 0) is 18.6 Å². The van der Waals surface area contributed by atoms with E-state index in [-0.39, 0.29) is 0 Å². The molecule has 0 heterocycles. The molecule has 0 saturated heterocycles. The molecule has 0 spiro atoms. The lowest BCUT2D eigenvalue weighted by atomic mass is 10.1. The highest BCUT2D eigenvalue weighted by Gasteiger charge is 2.10. The highest BCUT2D eigenvalue weighted by atomic mass is 16.5. The summed E-state index contributed by atoms with van der Waals surface area (Å²) in [6.07, 6.45) is 0.962. The van der Waals surface area contributed by atoms with E-state index in [1.165, 1.54) is 0 Å². The molecule has 0 aliphatic heterocycles. The molecule has 5 nitrogen and oxygen atoms in total. The van der Waals surface area contributed by atoms with Crippen molar-refractivity contribution in [1.82, 2.24) is 5.43 Å². The summed E-state index contributed by atoms with van der Waals surface area (Å²) in [5.41, 5.74) is 3.42. The van der Waals surface area contributed by atoms with Crippen LogP contribution < -0.4 is 20.7 Å². The van der Waals surface area contributed by atoms with Crippen LogP contribution in [-0.4, -0.2) is 26.6 Å². The maximum Gasteiger partial charge on any atom is 0.146 e. The van der Waals surface area contributed by atoms with Gasteiger partial charge < -0.3 is 14.9 Å². The number of methoxy groups -OCH3 is 2. The zero-order valence-corrected chi connectivity index (χ0v) is 10.5. The van der Waals surface area contributed by atoms with Gasteiger partial charge in [0.25, 0.3) is 0 Å². The van der Waals surface area contributed by atoms with E-state index in [0.29, 0.717) is 18.1 Å². The summed E-state index contributed by atoms with van der Waals surface area (Å²) < 4.78 is 10.4. The van der Waals surface area contributed by atoms with Crippen molar-refractivity contribution in [2.24, 2.45) is 10.8 Å². The van der Waals surface area contributed by atoms with E-state index in [4.69, 9.17) is 15.3 Å². The van der Waals surface area contributed by atoms with Crippen molar-refractivity contribution in [3.05, 3.63) is 23.8 Å². The van der Waals surface area contributed by atoms with Crippen LogP contribution in [0.4, 0.5) is 0 Å². The summed E-state index contributed by atoms with van der Waals surface area (Å²) in [6, 6.07) is 5.51. The zero-order chi connectivity index (χ0) is 12.7. The predicted octanol–water partition coefficient (Wildman–Crippen LogP) is 1.32. The molecule has 0 aliphatic carbocycles. The Balaban J connectivity index is 3.10. The highest BCUT2D eigenvalue weighted by molar-refractivity contribution is 6.01. The molecule has 3 N–H and O–H groups in total. The van der Waals surface area contributed by atoms with Crippen LogP contribution in [0, 0.1) is 0 Å². The van der Waals surface area contributed by atoms with Crippen molar-refractivity contribution < 1.29 is 9.47 Å². The first-order chi connectivity index (χ1) is 8.26. The first-order valence-electron chi connectivity index (χ1n) is 5.50. The molecule has 0 amide bonds. The molecule has 0 saturated carbocycles. The van der Waals surface area contributed by atoms with Gasteiger partial charge >= 0.3 is 0 Å². The Hall–Kier alpha value is -1.75. The number of ether oxygens (including phenoxy) is 2. The third kappa shape index (κ3) is 3.35. The van der Waals surface area contributed by atoms with E-state index in [9.17, 15) is 0 Å². The van der Waals surface area contributed by atoms with Crippen molar-refractivity contribution >= 4 is 5.84 Å². The van der Waals surface area contributed by atoms with Gasteiger partial charge in [0, 0.05) is 12.6 Å². The molecule has 17 heavy (non-hydrogen) atoms. The summed E-state index contributed by atoms with van der Waals surface area (Å²) in [7, 11) is 3.22. The molecule has 0 aromatic heterocycles. The lowest BCUT2D eigenvalue weighted by Crippen LogP contribution is -2.31. The molecular formula is C12H19N3O2.